The van der Waals surface area contributed by atoms with Gasteiger partial charge in [0, 0.05) is 11.1 Å². The van der Waals surface area contributed by atoms with E-state index < -0.39 is 0 Å². The van der Waals surface area contributed by atoms with Gasteiger partial charge >= 0.3 is 0 Å². The molecule has 0 saturated heterocycles. The molecule has 2 aromatic rings. The quantitative estimate of drug-likeness (QED) is 0.860. The number of halogens is 2. The molecule has 1 heterocycles. The molecule has 2 rings (SSSR count). The van der Waals surface area contributed by atoms with Crippen LogP contribution in [0, 0.1) is 0 Å². The van der Waals surface area contributed by atoms with E-state index in [2.05, 4.69) is 10.3 Å². The molecular weight excluding hydrogens is 297 g/mol. The molecule has 1 amide bonds. The normalized spacial score (nSPS) is 12.6. The number of nitrogens with zero attached hydrogens (tertiary/aromatic N) is 2. The summed E-state index contributed by atoms with van der Waals surface area (Å²) < 4.78 is 1.83. The number of rotatable bonds is 5. The standard InChI is InChI=1S/C14H17Cl2N3O/c1-3-9(2)17-14(20)8-19-12-5-4-10(16)6-11(12)18-13(19)7-15/h4-6,9H,3,7-8H2,1-2H3,(H,17,20). The molecule has 0 aliphatic rings. The zero-order chi connectivity index (χ0) is 14.7. The third-order valence-corrected chi connectivity index (χ3v) is 3.70. The summed E-state index contributed by atoms with van der Waals surface area (Å²) in [4.78, 5) is 16.4. The first kappa shape index (κ1) is 15.1. The van der Waals surface area contributed by atoms with Gasteiger partial charge in [0.2, 0.25) is 5.91 Å². The van der Waals surface area contributed by atoms with Gasteiger partial charge in [0.05, 0.1) is 16.9 Å². The largest absolute Gasteiger partial charge is 0.352 e. The Labute approximate surface area is 128 Å². The van der Waals surface area contributed by atoms with E-state index in [1.165, 1.54) is 0 Å². The maximum Gasteiger partial charge on any atom is 0.240 e. The Kier molecular flexibility index (Phi) is 4.89. The summed E-state index contributed by atoms with van der Waals surface area (Å²) in [6, 6.07) is 5.58. The van der Waals surface area contributed by atoms with Gasteiger partial charge in [-0.15, -0.1) is 11.6 Å². The Bertz CT molecular complexity index is 624. The first-order chi connectivity index (χ1) is 9.55. The molecule has 108 valence electrons. The molecule has 6 heteroatoms. The number of fused-ring (bicyclic) bond motifs is 1. The molecule has 1 aromatic carbocycles. The lowest BCUT2D eigenvalue weighted by Gasteiger charge is -2.13. The van der Waals surface area contributed by atoms with Crippen LogP contribution in [0.4, 0.5) is 0 Å². The molecule has 1 unspecified atom stereocenters. The number of benzene rings is 1. The van der Waals surface area contributed by atoms with Crippen molar-refractivity contribution in [3.05, 3.63) is 29.0 Å². The van der Waals surface area contributed by atoms with Crippen LogP contribution < -0.4 is 5.32 Å². The third-order valence-electron chi connectivity index (χ3n) is 3.23. The molecule has 1 N–H and O–H groups in total. The first-order valence-electron chi connectivity index (χ1n) is 6.55. The molecule has 0 bridgehead atoms. The lowest BCUT2D eigenvalue weighted by Crippen LogP contribution is -2.34. The van der Waals surface area contributed by atoms with Gasteiger partial charge in [0.1, 0.15) is 12.4 Å². The van der Waals surface area contributed by atoms with Gasteiger partial charge in [-0.1, -0.05) is 18.5 Å². The molecular formula is C14H17Cl2N3O. The number of carbonyl (C=O) groups excluding carboxylic acids is 1. The summed E-state index contributed by atoms with van der Waals surface area (Å²) in [5.41, 5.74) is 1.62. The van der Waals surface area contributed by atoms with Crippen LogP contribution in [0.15, 0.2) is 18.2 Å². The molecule has 4 nitrogen and oxygen atoms in total. The lowest BCUT2D eigenvalue weighted by atomic mass is 10.2. The number of alkyl halides is 1. The topological polar surface area (TPSA) is 46.9 Å². The van der Waals surface area contributed by atoms with E-state index in [0.717, 1.165) is 17.5 Å². The zero-order valence-electron chi connectivity index (χ0n) is 11.5. The van der Waals surface area contributed by atoms with Gasteiger partial charge in [0.15, 0.2) is 0 Å². The number of carbonyl (C=O) groups is 1. The molecule has 1 aromatic heterocycles. The highest BCUT2D eigenvalue weighted by molar-refractivity contribution is 6.31. The van der Waals surface area contributed by atoms with Gasteiger partial charge in [-0.25, -0.2) is 4.98 Å². The predicted octanol–water partition coefficient (Wildman–Crippen LogP) is 3.34. The fourth-order valence-electron chi connectivity index (χ4n) is 2.00. The summed E-state index contributed by atoms with van der Waals surface area (Å²) in [6.07, 6.45) is 0.897. The average Bonchev–Trinajstić information content (AvgIpc) is 2.75. The van der Waals surface area contributed by atoms with Crippen molar-refractivity contribution in [2.24, 2.45) is 0 Å². The van der Waals surface area contributed by atoms with Crippen LogP contribution >= 0.6 is 23.2 Å². The lowest BCUT2D eigenvalue weighted by molar-refractivity contribution is -0.122. The van der Waals surface area contributed by atoms with Crippen molar-refractivity contribution in [3.8, 4) is 0 Å². The highest BCUT2D eigenvalue weighted by atomic mass is 35.5. The zero-order valence-corrected chi connectivity index (χ0v) is 13.0. The number of imidazole rings is 1. The van der Waals surface area contributed by atoms with Gasteiger partial charge in [0.25, 0.3) is 0 Å². The molecule has 1 atom stereocenters. The highest BCUT2D eigenvalue weighted by Crippen LogP contribution is 2.21. The van der Waals surface area contributed by atoms with Gasteiger partial charge in [-0.3, -0.25) is 4.79 Å². The second kappa shape index (κ2) is 6.46. The number of nitrogens with one attached hydrogen (secondary N) is 1. The fourth-order valence-corrected chi connectivity index (χ4v) is 2.37. The maximum absolute atomic E-state index is 12.0. The van der Waals surface area contributed by atoms with Crippen LogP contribution in [-0.4, -0.2) is 21.5 Å². The number of hydrogen-bond donors (Lipinski definition) is 1. The van der Waals surface area contributed by atoms with Crippen LogP contribution in [0.25, 0.3) is 11.0 Å². The van der Waals surface area contributed by atoms with Crippen molar-refractivity contribution in [3.63, 3.8) is 0 Å². The van der Waals surface area contributed by atoms with E-state index in [-0.39, 0.29) is 24.4 Å². The van der Waals surface area contributed by atoms with Crippen LogP contribution in [0.3, 0.4) is 0 Å². The number of aromatic nitrogens is 2. The van der Waals surface area contributed by atoms with Crippen molar-refractivity contribution in [2.45, 2.75) is 38.7 Å². The Morgan fingerprint density at radius 3 is 2.90 bits per heavy atom. The highest BCUT2D eigenvalue weighted by Gasteiger charge is 2.14. The summed E-state index contributed by atoms with van der Waals surface area (Å²) in [5, 5.41) is 3.56. The van der Waals surface area contributed by atoms with Crippen molar-refractivity contribution in [1.82, 2.24) is 14.9 Å². The van der Waals surface area contributed by atoms with Crippen LogP contribution in [-0.2, 0) is 17.2 Å². The molecule has 0 fully saturated rings. The van der Waals surface area contributed by atoms with Crippen molar-refractivity contribution >= 4 is 40.1 Å². The van der Waals surface area contributed by atoms with E-state index in [1.807, 2.05) is 24.5 Å². The van der Waals surface area contributed by atoms with Crippen LogP contribution in [0.5, 0.6) is 0 Å². The second-order valence-electron chi connectivity index (χ2n) is 4.76. The van der Waals surface area contributed by atoms with E-state index >= 15 is 0 Å². The minimum absolute atomic E-state index is 0.0417. The van der Waals surface area contributed by atoms with Gasteiger partial charge in [-0.2, -0.15) is 0 Å². The average molecular weight is 314 g/mol. The molecule has 0 aliphatic carbocycles. The van der Waals surface area contributed by atoms with Crippen LogP contribution in [0.1, 0.15) is 26.1 Å². The summed E-state index contributed by atoms with van der Waals surface area (Å²) in [5.74, 6) is 0.881. The van der Waals surface area contributed by atoms with Gasteiger partial charge in [-0.05, 0) is 31.5 Å². The predicted molar refractivity (Wildman–Crippen MR) is 82.2 cm³/mol. The van der Waals surface area contributed by atoms with Crippen molar-refractivity contribution in [2.75, 3.05) is 0 Å². The summed E-state index contributed by atoms with van der Waals surface area (Å²) >= 11 is 11.9. The molecule has 0 spiro atoms. The monoisotopic (exact) mass is 313 g/mol. The SMILES string of the molecule is CCC(C)NC(=O)Cn1c(CCl)nc2cc(Cl)ccc21. The van der Waals surface area contributed by atoms with E-state index in [9.17, 15) is 4.79 Å². The van der Waals surface area contributed by atoms with Crippen molar-refractivity contribution in [1.29, 1.82) is 0 Å². The Hall–Kier alpha value is -1.26. The second-order valence-corrected chi connectivity index (χ2v) is 5.46. The maximum atomic E-state index is 12.0. The fraction of sp³-hybridized carbons (Fsp3) is 0.429. The molecule has 0 aliphatic heterocycles. The first-order valence-corrected chi connectivity index (χ1v) is 7.46. The van der Waals surface area contributed by atoms with E-state index in [4.69, 9.17) is 23.2 Å². The van der Waals surface area contributed by atoms with E-state index in [0.29, 0.717) is 10.8 Å². The minimum atomic E-state index is -0.0417. The minimum Gasteiger partial charge on any atom is -0.352 e. The third kappa shape index (κ3) is 3.25. The van der Waals surface area contributed by atoms with Crippen LogP contribution in [0.2, 0.25) is 5.02 Å². The number of hydrogen-bond acceptors (Lipinski definition) is 2. The summed E-state index contributed by atoms with van der Waals surface area (Å²) in [7, 11) is 0. The molecule has 20 heavy (non-hydrogen) atoms. The molecule has 0 radical (unpaired) electrons. The van der Waals surface area contributed by atoms with Gasteiger partial charge < -0.3 is 9.88 Å². The van der Waals surface area contributed by atoms with Crippen molar-refractivity contribution < 1.29 is 4.79 Å². The Morgan fingerprint density at radius 1 is 1.50 bits per heavy atom. The Morgan fingerprint density at radius 2 is 2.25 bits per heavy atom. The number of amides is 1. The smallest absolute Gasteiger partial charge is 0.240 e. The molecule has 0 saturated carbocycles. The van der Waals surface area contributed by atoms with E-state index in [1.54, 1.807) is 12.1 Å². The Balaban J connectivity index is 2.30. The summed E-state index contributed by atoms with van der Waals surface area (Å²) in [6.45, 7) is 4.22.